The Morgan fingerprint density at radius 2 is 1.64 bits per heavy atom. The van der Waals surface area contributed by atoms with E-state index in [2.05, 4.69) is 54.5 Å². The van der Waals surface area contributed by atoms with Crippen LogP contribution >= 0.6 is 0 Å². The summed E-state index contributed by atoms with van der Waals surface area (Å²) in [6, 6.07) is 0. The maximum Gasteiger partial charge on any atom is 0.311 e. The number of fused-ring (bicyclic) bond motifs is 7. The van der Waals surface area contributed by atoms with E-state index in [1.807, 2.05) is 0 Å². The highest BCUT2D eigenvalue weighted by molar-refractivity contribution is 5.95. The van der Waals surface area contributed by atoms with Crippen LogP contribution in [0.2, 0.25) is 0 Å². The fraction of sp³-hybridized carbons (Fsp3) is 0.892. The van der Waals surface area contributed by atoms with Crippen LogP contribution in [0, 0.1) is 50.2 Å². The van der Waals surface area contributed by atoms with Gasteiger partial charge in [0, 0.05) is 12.3 Å². The largest absolute Gasteiger partial charge is 0.469 e. The van der Waals surface area contributed by atoms with Gasteiger partial charge >= 0.3 is 5.97 Å². The Hall–Kier alpha value is -1.28. The van der Waals surface area contributed by atoms with Crippen LogP contribution in [0.5, 0.6) is 0 Å². The Morgan fingerprint density at radius 1 is 0.955 bits per heavy atom. The second kappa shape index (κ2) is 10.4. The summed E-state index contributed by atoms with van der Waals surface area (Å²) in [5.41, 5.74) is 0.284. The van der Waals surface area contributed by atoms with Crippen LogP contribution in [-0.2, 0) is 23.8 Å². The van der Waals surface area contributed by atoms with Crippen LogP contribution < -0.4 is 0 Å². The van der Waals surface area contributed by atoms with Gasteiger partial charge in [-0.25, -0.2) is 0 Å². The quantitative estimate of drug-likeness (QED) is 0.281. The van der Waals surface area contributed by atoms with E-state index in [0.29, 0.717) is 11.7 Å². The summed E-state index contributed by atoms with van der Waals surface area (Å²) in [5, 5.41) is 20.6. The van der Waals surface area contributed by atoms with Crippen molar-refractivity contribution in [2.45, 2.75) is 150 Å². The second-order valence-corrected chi connectivity index (χ2v) is 17.8. The van der Waals surface area contributed by atoms with Crippen molar-refractivity contribution in [3.8, 4) is 0 Å². The highest BCUT2D eigenvalue weighted by Gasteiger charge is 2.70. The number of hydrogen-bond donors (Lipinski definition) is 2. The van der Waals surface area contributed by atoms with Crippen LogP contribution in [0.4, 0.5) is 0 Å². The third-order valence-corrected chi connectivity index (χ3v) is 15.2. The number of aliphatic hydroxyl groups is 2. The Morgan fingerprint density at radius 3 is 2.30 bits per heavy atom. The summed E-state index contributed by atoms with van der Waals surface area (Å²) in [7, 11) is 1.50. The van der Waals surface area contributed by atoms with Crippen LogP contribution in [-0.4, -0.2) is 59.8 Å². The predicted octanol–water partition coefficient (Wildman–Crippen LogP) is 6.38. The van der Waals surface area contributed by atoms with Gasteiger partial charge in [0.15, 0.2) is 12.1 Å². The number of allylic oxidation sites excluding steroid dienone is 2. The molecule has 4 saturated carbocycles. The van der Waals surface area contributed by atoms with Gasteiger partial charge in [-0.2, -0.15) is 0 Å². The first-order valence-corrected chi connectivity index (χ1v) is 17.4. The molecule has 7 nitrogen and oxygen atoms in total. The monoisotopic (exact) mass is 614 g/mol. The number of carbonyl (C=O) groups is 2. The molecule has 6 rings (SSSR count). The minimum atomic E-state index is -0.898. The lowest BCUT2D eigenvalue weighted by Crippen LogP contribution is -2.67. The molecule has 44 heavy (non-hydrogen) atoms. The van der Waals surface area contributed by atoms with Crippen molar-refractivity contribution in [2.75, 3.05) is 7.11 Å². The van der Waals surface area contributed by atoms with Crippen LogP contribution in [0.3, 0.4) is 0 Å². The zero-order chi connectivity index (χ0) is 32.3. The molecule has 0 amide bonds. The van der Waals surface area contributed by atoms with Gasteiger partial charge in [0.25, 0.3) is 0 Å². The molecule has 5 aliphatic carbocycles. The number of hydrogen-bond acceptors (Lipinski definition) is 7. The van der Waals surface area contributed by atoms with E-state index in [9.17, 15) is 19.8 Å². The fourth-order valence-corrected chi connectivity index (χ4v) is 12.1. The van der Waals surface area contributed by atoms with E-state index in [1.54, 1.807) is 6.92 Å². The summed E-state index contributed by atoms with van der Waals surface area (Å²) in [6.07, 6.45) is 8.06. The molecule has 0 spiro atoms. The lowest BCUT2D eigenvalue weighted by atomic mass is 9.33. The average Bonchev–Trinajstić information content (AvgIpc) is 2.94. The Balaban J connectivity index is 1.31. The molecule has 1 aliphatic heterocycles. The van der Waals surface area contributed by atoms with Crippen LogP contribution in [0.1, 0.15) is 120 Å². The SMILES string of the molecule is COC(=O)[C@@]1(C)CC[C@]2(C)CC[C@]3(C)C(=CC(=O)C4[C@@]5(C)CC[C@H](O[C@H]6C[C@@H](O)[C@@H](O)[C@H](C)O6)C(C)(C)C5CC[C@]43C)[C@@H]2C1. The van der Waals surface area contributed by atoms with Gasteiger partial charge in [-0.05, 0) is 117 Å². The highest BCUT2D eigenvalue weighted by Crippen LogP contribution is 2.75. The van der Waals surface area contributed by atoms with E-state index < -0.39 is 30.0 Å². The number of ketones is 1. The Bertz CT molecular complexity index is 1210. The molecule has 248 valence electrons. The Labute approximate surface area is 264 Å². The standard InChI is InChI=1S/C37H58O7/c1-21-29(40)24(38)19-28(43-21)44-27-11-12-35(6)26(32(27,2)3)10-13-37(8)30(35)25(39)18-22-23-20-34(5,31(41)42-9)15-14-33(23,4)16-17-36(22,37)7/h18,21,23-24,26-30,38,40H,10-17,19-20H2,1-9H3/t21-,23-,24+,26?,27-,28-,29-,30?,33+,34-,35-,36+,37+/m0/s1. The van der Waals surface area contributed by atoms with Crippen molar-refractivity contribution in [2.24, 2.45) is 50.2 Å². The molecule has 0 radical (unpaired) electrons. The first-order chi connectivity index (χ1) is 20.4. The Kier molecular flexibility index (Phi) is 7.69. The number of aliphatic hydroxyl groups excluding tert-OH is 2. The van der Waals surface area contributed by atoms with Gasteiger partial charge in [0.2, 0.25) is 0 Å². The van der Waals surface area contributed by atoms with Crippen molar-refractivity contribution in [3.63, 3.8) is 0 Å². The zero-order valence-corrected chi connectivity index (χ0v) is 28.7. The minimum absolute atomic E-state index is 0.0569. The molecule has 1 heterocycles. The summed E-state index contributed by atoms with van der Waals surface area (Å²) in [5.74, 6) is 0.617. The summed E-state index contributed by atoms with van der Waals surface area (Å²) >= 11 is 0. The van der Waals surface area contributed by atoms with Crippen molar-refractivity contribution in [3.05, 3.63) is 11.6 Å². The molecule has 6 aliphatic rings. The van der Waals surface area contributed by atoms with Gasteiger partial charge in [-0.15, -0.1) is 0 Å². The van der Waals surface area contributed by atoms with Crippen molar-refractivity contribution in [1.29, 1.82) is 0 Å². The van der Waals surface area contributed by atoms with Crippen LogP contribution in [0.15, 0.2) is 11.6 Å². The molecule has 13 atom stereocenters. The minimum Gasteiger partial charge on any atom is -0.469 e. The molecule has 0 aromatic heterocycles. The maximum atomic E-state index is 14.7. The topological polar surface area (TPSA) is 102 Å². The second-order valence-electron chi connectivity index (χ2n) is 17.8. The number of carbonyl (C=O) groups excluding carboxylic acids is 2. The highest BCUT2D eigenvalue weighted by atomic mass is 16.7. The number of rotatable bonds is 3. The molecular weight excluding hydrogens is 556 g/mol. The van der Waals surface area contributed by atoms with Crippen molar-refractivity contribution in [1.82, 2.24) is 0 Å². The van der Waals surface area contributed by atoms with Gasteiger partial charge in [0.1, 0.15) is 6.10 Å². The van der Waals surface area contributed by atoms with Gasteiger partial charge in [-0.3, -0.25) is 9.59 Å². The van der Waals surface area contributed by atoms with Gasteiger partial charge in [0.05, 0.1) is 30.8 Å². The van der Waals surface area contributed by atoms with Crippen LogP contribution in [0.25, 0.3) is 0 Å². The van der Waals surface area contributed by atoms with E-state index in [0.717, 1.165) is 57.8 Å². The smallest absolute Gasteiger partial charge is 0.311 e. The third kappa shape index (κ3) is 4.41. The van der Waals surface area contributed by atoms with Gasteiger partial charge in [-0.1, -0.05) is 47.1 Å². The first kappa shape index (κ1) is 32.7. The molecule has 0 bridgehead atoms. The van der Waals surface area contributed by atoms with E-state index >= 15 is 0 Å². The summed E-state index contributed by atoms with van der Waals surface area (Å²) in [4.78, 5) is 27.6. The fourth-order valence-electron chi connectivity index (χ4n) is 12.1. The van der Waals surface area contributed by atoms with E-state index in [-0.39, 0.29) is 57.4 Å². The third-order valence-electron chi connectivity index (χ3n) is 15.2. The molecule has 2 N–H and O–H groups in total. The molecular formula is C37H58O7. The lowest BCUT2D eigenvalue weighted by Gasteiger charge is -2.70. The lowest BCUT2D eigenvalue weighted by molar-refractivity contribution is -0.290. The van der Waals surface area contributed by atoms with Crippen molar-refractivity contribution >= 4 is 11.8 Å². The molecule has 0 aromatic carbocycles. The summed E-state index contributed by atoms with van der Waals surface area (Å²) < 4.78 is 17.9. The zero-order valence-electron chi connectivity index (χ0n) is 28.7. The maximum absolute atomic E-state index is 14.7. The predicted molar refractivity (Wildman–Crippen MR) is 167 cm³/mol. The summed E-state index contributed by atoms with van der Waals surface area (Å²) in [6.45, 7) is 18.1. The average molecular weight is 615 g/mol. The molecule has 1 saturated heterocycles. The van der Waals surface area contributed by atoms with E-state index in [4.69, 9.17) is 14.2 Å². The number of esters is 1. The molecule has 7 heteroatoms. The van der Waals surface area contributed by atoms with Gasteiger partial charge < -0.3 is 24.4 Å². The molecule has 5 fully saturated rings. The number of ether oxygens (including phenoxy) is 3. The first-order valence-electron chi connectivity index (χ1n) is 17.4. The number of methoxy groups -OCH3 is 1. The molecule has 2 unspecified atom stereocenters. The van der Waals surface area contributed by atoms with Crippen molar-refractivity contribution < 1.29 is 34.0 Å². The molecule has 0 aromatic rings. The van der Waals surface area contributed by atoms with E-state index in [1.165, 1.54) is 12.7 Å². The normalized spacial score (nSPS) is 53.3.